The third-order valence-corrected chi connectivity index (χ3v) is 4.53. The summed E-state index contributed by atoms with van der Waals surface area (Å²) in [6.45, 7) is 1.22. The fourth-order valence-electron chi connectivity index (χ4n) is 2.09. The van der Waals surface area contributed by atoms with E-state index in [9.17, 15) is 13.2 Å². The molecular formula is C13H17NO5S. The number of hydrogen-bond donors (Lipinski definition) is 1. The van der Waals surface area contributed by atoms with Crippen LogP contribution in [-0.4, -0.2) is 49.2 Å². The van der Waals surface area contributed by atoms with Crippen molar-refractivity contribution in [2.75, 3.05) is 19.3 Å². The number of carboxylic acids is 1. The number of sulfonamides is 1. The Labute approximate surface area is 118 Å². The van der Waals surface area contributed by atoms with E-state index in [0.717, 1.165) is 5.56 Å². The molecule has 0 aliphatic carbocycles. The van der Waals surface area contributed by atoms with Crippen LogP contribution in [0.4, 0.5) is 0 Å². The summed E-state index contributed by atoms with van der Waals surface area (Å²) in [5.41, 5.74) is 1.10. The first kappa shape index (κ1) is 15.0. The van der Waals surface area contributed by atoms with E-state index in [1.807, 2.05) is 0 Å². The summed E-state index contributed by atoms with van der Waals surface area (Å²) in [4.78, 5) is 10.7. The van der Waals surface area contributed by atoms with E-state index in [0.29, 0.717) is 26.1 Å². The van der Waals surface area contributed by atoms with Gasteiger partial charge in [-0.1, -0.05) is 12.1 Å². The van der Waals surface area contributed by atoms with Gasteiger partial charge in [0.1, 0.15) is 0 Å². The number of hydrogen-bond acceptors (Lipinski definition) is 4. The van der Waals surface area contributed by atoms with Crippen molar-refractivity contribution in [3.8, 4) is 0 Å². The van der Waals surface area contributed by atoms with Crippen LogP contribution in [0.1, 0.15) is 22.3 Å². The van der Waals surface area contributed by atoms with Crippen molar-refractivity contribution >= 4 is 16.0 Å². The maximum Gasteiger partial charge on any atom is 0.335 e. The van der Waals surface area contributed by atoms with Crippen LogP contribution in [0.2, 0.25) is 0 Å². The van der Waals surface area contributed by atoms with E-state index < -0.39 is 16.0 Å². The van der Waals surface area contributed by atoms with Crippen LogP contribution in [0.3, 0.4) is 0 Å². The van der Waals surface area contributed by atoms with Gasteiger partial charge in [-0.2, -0.15) is 4.31 Å². The predicted molar refractivity (Wildman–Crippen MR) is 73.0 cm³/mol. The molecule has 1 heterocycles. The van der Waals surface area contributed by atoms with Crippen molar-refractivity contribution in [3.63, 3.8) is 0 Å². The van der Waals surface area contributed by atoms with Crippen LogP contribution in [0.15, 0.2) is 24.3 Å². The highest BCUT2D eigenvalue weighted by molar-refractivity contribution is 7.88. The molecule has 1 saturated heterocycles. The van der Waals surface area contributed by atoms with Crippen LogP contribution >= 0.6 is 0 Å². The van der Waals surface area contributed by atoms with Crippen molar-refractivity contribution < 1.29 is 23.1 Å². The molecule has 0 unspecified atom stereocenters. The molecule has 6 nitrogen and oxygen atoms in total. The first-order valence-electron chi connectivity index (χ1n) is 6.25. The smallest absolute Gasteiger partial charge is 0.335 e. The lowest BCUT2D eigenvalue weighted by atomic mass is 10.1. The zero-order valence-corrected chi connectivity index (χ0v) is 12.0. The molecule has 0 spiro atoms. The quantitative estimate of drug-likeness (QED) is 0.874. The lowest BCUT2D eigenvalue weighted by Crippen LogP contribution is -2.29. The second-order valence-electron chi connectivity index (χ2n) is 4.84. The van der Waals surface area contributed by atoms with E-state index in [2.05, 4.69) is 0 Å². The van der Waals surface area contributed by atoms with Crippen molar-refractivity contribution in [2.45, 2.75) is 19.1 Å². The fourth-order valence-corrected chi connectivity index (χ4v) is 2.97. The molecule has 1 aliphatic rings. The van der Waals surface area contributed by atoms with Gasteiger partial charge >= 0.3 is 5.97 Å². The Bertz CT molecular complexity index is 581. The molecule has 7 heteroatoms. The normalized spacial score (nSPS) is 20.1. The number of aromatic carboxylic acids is 1. The van der Waals surface area contributed by atoms with Crippen molar-refractivity contribution in [3.05, 3.63) is 35.4 Å². The topological polar surface area (TPSA) is 83.9 Å². The summed E-state index contributed by atoms with van der Waals surface area (Å²) in [5.74, 6) is -0.961. The third-order valence-electron chi connectivity index (χ3n) is 3.26. The average molecular weight is 299 g/mol. The van der Waals surface area contributed by atoms with Crippen molar-refractivity contribution in [2.24, 2.45) is 0 Å². The van der Waals surface area contributed by atoms with Crippen LogP contribution in [-0.2, 0) is 21.4 Å². The Hall–Kier alpha value is -1.44. The Morgan fingerprint density at radius 1 is 1.40 bits per heavy atom. The Kier molecular flexibility index (Phi) is 4.42. The van der Waals surface area contributed by atoms with Gasteiger partial charge in [0, 0.05) is 13.1 Å². The summed E-state index contributed by atoms with van der Waals surface area (Å²) in [5, 5.41) is 8.79. The van der Waals surface area contributed by atoms with E-state index in [1.54, 1.807) is 12.1 Å². The molecule has 0 aromatic heterocycles. The Morgan fingerprint density at radius 2 is 2.05 bits per heavy atom. The van der Waals surface area contributed by atoms with Crippen molar-refractivity contribution in [1.82, 2.24) is 4.31 Å². The maximum atomic E-state index is 11.4. The Balaban J connectivity index is 1.86. The van der Waals surface area contributed by atoms with E-state index in [1.165, 1.54) is 22.7 Å². The van der Waals surface area contributed by atoms with Gasteiger partial charge in [-0.15, -0.1) is 0 Å². The van der Waals surface area contributed by atoms with E-state index in [-0.39, 0.29) is 11.7 Å². The minimum atomic E-state index is -3.15. The number of benzene rings is 1. The number of rotatable bonds is 5. The van der Waals surface area contributed by atoms with Crippen LogP contribution in [0.25, 0.3) is 0 Å². The second kappa shape index (κ2) is 5.90. The van der Waals surface area contributed by atoms with Gasteiger partial charge in [-0.3, -0.25) is 0 Å². The highest BCUT2D eigenvalue weighted by Gasteiger charge is 2.28. The van der Waals surface area contributed by atoms with Crippen LogP contribution < -0.4 is 0 Å². The first-order valence-corrected chi connectivity index (χ1v) is 8.10. The standard InChI is InChI=1S/C13H17NO5S/c1-20(17,18)14-7-6-12(8-14)19-9-10-2-4-11(5-3-10)13(15)16/h2-5,12H,6-9H2,1H3,(H,15,16)/t12-/m1/s1. The maximum absolute atomic E-state index is 11.4. The highest BCUT2D eigenvalue weighted by Crippen LogP contribution is 2.17. The van der Waals surface area contributed by atoms with Crippen LogP contribution in [0, 0.1) is 0 Å². The summed E-state index contributed by atoms with van der Waals surface area (Å²) in [6.07, 6.45) is 1.77. The van der Waals surface area contributed by atoms with Crippen LogP contribution in [0.5, 0.6) is 0 Å². The van der Waals surface area contributed by atoms with Gasteiger partial charge in [0.25, 0.3) is 0 Å². The molecule has 1 aliphatic heterocycles. The molecule has 1 atom stereocenters. The average Bonchev–Trinajstić information content (AvgIpc) is 2.85. The van der Waals surface area contributed by atoms with Gasteiger partial charge in [0.05, 0.1) is 24.5 Å². The van der Waals surface area contributed by atoms with E-state index in [4.69, 9.17) is 9.84 Å². The molecular weight excluding hydrogens is 282 g/mol. The van der Waals surface area contributed by atoms with Gasteiger partial charge in [0.2, 0.25) is 10.0 Å². The minimum absolute atomic E-state index is 0.108. The fraction of sp³-hybridized carbons (Fsp3) is 0.462. The summed E-state index contributed by atoms with van der Waals surface area (Å²) < 4.78 is 29.8. The summed E-state index contributed by atoms with van der Waals surface area (Å²) in [6, 6.07) is 6.45. The molecule has 0 radical (unpaired) electrons. The largest absolute Gasteiger partial charge is 0.478 e. The molecule has 1 N–H and O–H groups in total. The van der Waals surface area contributed by atoms with Gasteiger partial charge in [-0.25, -0.2) is 13.2 Å². The highest BCUT2D eigenvalue weighted by atomic mass is 32.2. The molecule has 2 rings (SSSR count). The zero-order valence-electron chi connectivity index (χ0n) is 11.2. The van der Waals surface area contributed by atoms with Gasteiger partial charge in [0.15, 0.2) is 0 Å². The molecule has 0 saturated carbocycles. The number of carboxylic acid groups (broad SMARTS) is 1. The van der Waals surface area contributed by atoms with E-state index >= 15 is 0 Å². The predicted octanol–water partition coefficient (Wildman–Crippen LogP) is 0.935. The lowest BCUT2D eigenvalue weighted by molar-refractivity contribution is 0.0508. The monoisotopic (exact) mass is 299 g/mol. The molecule has 1 aromatic rings. The number of ether oxygens (including phenoxy) is 1. The van der Waals surface area contributed by atoms with Gasteiger partial charge in [-0.05, 0) is 24.1 Å². The molecule has 110 valence electrons. The molecule has 0 bridgehead atoms. The summed E-state index contributed by atoms with van der Waals surface area (Å²) in [7, 11) is -3.15. The third kappa shape index (κ3) is 3.78. The molecule has 1 fully saturated rings. The number of carbonyl (C=O) groups is 1. The second-order valence-corrected chi connectivity index (χ2v) is 6.83. The molecule has 1 aromatic carbocycles. The lowest BCUT2D eigenvalue weighted by Gasteiger charge is -2.14. The Morgan fingerprint density at radius 3 is 2.55 bits per heavy atom. The van der Waals surface area contributed by atoms with Crippen molar-refractivity contribution in [1.29, 1.82) is 0 Å². The minimum Gasteiger partial charge on any atom is -0.478 e. The zero-order chi connectivity index (χ0) is 14.8. The SMILES string of the molecule is CS(=O)(=O)N1CC[C@@H](OCc2ccc(C(=O)O)cc2)C1. The molecule has 0 amide bonds. The molecule has 20 heavy (non-hydrogen) atoms. The first-order chi connectivity index (χ1) is 9.36. The number of nitrogens with zero attached hydrogens (tertiary/aromatic N) is 1. The van der Waals surface area contributed by atoms with Gasteiger partial charge < -0.3 is 9.84 Å². The summed E-state index contributed by atoms with van der Waals surface area (Å²) >= 11 is 0.